The molecule has 0 saturated carbocycles. The lowest BCUT2D eigenvalue weighted by molar-refractivity contribution is 0.628. The highest BCUT2D eigenvalue weighted by atomic mass is 35.5. The molecule has 8 heteroatoms. The molecule has 3 heterocycles. The normalized spacial score (nSPS) is 11.3. The van der Waals surface area contributed by atoms with Crippen molar-refractivity contribution in [2.75, 3.05) is 5.32 Å². The van der Waals surface area contributed by atoms with Gasteiger partial charge in [0.05, 0.1) is 16.1 Å². The van der Waals surface area contributed by atoms with Crippen LogP contribution in [0.3, 0.4) is 0 Å². The van der Waals surface area contributed by atoms with Crippen molar-refractivity contribution < 1.29 is 4.39 Å². The summed E-state index contributed by atoms with van der Waals surface area (Å²) in [6, 6.07) is 8.34. The summed E-state index contributed by atoms with van der Waals surface area (Å²) in [7, 11) is 1.92. The van der Waals surface area contributed by atoms with Gasteiger partial charge in [-0.05, 0) is 44.2 Å². The van der Waals surface area contributed by atoms with E-state index in [1.807, 2.05) is 43.8 Å². The third-order valence-electron chi connectivity index (χ3n) is 4.09. The lowest BCUT2D eigenvalue weighted by Crippen LogP contribution is -2.08. The molecule has 6 nitrogen and oxygen atoms in total. The second kappa shape index (κ2) is 6.10. The number of rotatable bonds is 3. The van der Waals surface area contributed by atoms with Crippen LogP contribution in [0.5, 0.6) is 0 Å². The molecular weight excluding hydrogens is 355 g/mol. The standard InChI is InChI=1S/C18H16ClFN6/c1-10-8-11(2)26(24-10)18-22-16(13-6-7-25(3)17(13)23-18)21-12-4-5-15(20)14(19)9-12/h4-9H,1-3H3,(H,21,22,23). The van der Waals surface area contributed by atoms with Gasteiger partial charge in [0.25, 0.3) is 5.95 Å². The first-order valence-corrected chi connectivity index (χ1v) is 8.39. The van der Waals surface area contributed by atoms with Crippen LogP contribution in [-0.2, 0) is 7.05 Å². The van der Waals surface area contributed by atoms with Gasteiger partial charge >= 0.3 is 0 Å². The largest absolute Gasteiger partial charge is 0.339 e. The van der Waals surface area contributed by atoms with Gasteiger partial charge in [-0.2, -0.15) is 15.1 Å². The Bertz CT molecular complexity index is 1130. The molecule has 0 fully saturated rings. The number of aromatic nitrogens is 5. The minimum Gasteiger partial charge on any atom is -0.339 e. The summed E-state index contributed by atoms with van der Waals surface area (Å²) >= 11 is 5.89. The molecule has 0 unspecified atom stereocenters. The van der Waals surface area contributed by atoms with Crippen molar-refractivity contribution in [3.63, 3.8) is 0 Å². The molecule has 0 amide bonds. The first-order valence-electron chi connectivity index (χ1n) is 8.01. The second-order valence-electron chi connectivity index (χ2n) is 6.13. The zero-order chi connectivity index (χ0) is 18.4. The number of aryl methyl sites for hydroxylation is 3. The lowest BCUT2D eigenvalue weighted by atomic mass is 10.3. The van der Waals surface area contributed by atoms with Gasteiger partial charge in [0.1, 0.15) is 17.3 Å². The first-order chi connectivity index (χ1) is 12.4. The highest BCUT2D eigenvalue weighted by molar-refractivity contribution is 6.31. The van der Waals surface area contributed by atoms with Gasteiger partial charge in [0.15, 0.2) is 0 Å². The SMILES string of the molecule is Cc1cc(C)n(-c2nc(Nc3ccc(F)c(Cl)c3)c3ccn(C)c3n2)n1. The molecule has 0 bridgehead atoms. The molecule has 1 N–H and O–H groups in total. The predicted molar refractivity (Wildman–Crippen MR) is 99.8 cm³/mol. The molecule has 0 aliphatic heterocycles. The van der Waals surface area contributed by atoms with E-state index in [0.717, 1.165) is 22.4 Å². The molecule has 4 rings (SSSR count). The molecule has 1 aromatic carbocycles. The minimum absolute atomic E-state index is 0.0483. The van der Waals surface area contributed by atoms with Crippen LogP contribution in [0.15, 0.2) is 36.5 Å². The number of hydrogen-bond acceptors (Lipinski definition) is 4. The van der Waals surface area contributed by atoms with Crippen LogP contribution >= 0.6 is 11.6 Å². The predicted octanol–water partition coefficient (Wildman–Crippen LogP) is 4.31. The van der Waals surface area contributed by atoms with Crippen molar-refractivity contribution in [2.45, 2.75) is 13.8 Å². The zero-order valence-electron chi connectivity index (χ0n) is 14.5. The van der Waals surface area contributed by atoms with Crippen LogP contribution in [-0.4, -0.2) is 24.3 Å². The second-order valence-corrected chi connectivity index (χ2v) is 6.54. The number of nitrogens with zero attached hydrogens (tertiary/aromatic N) is 5. The fourth-order valence-corrected chi connectivity index (χ4v) is 3.04. The fraction of sp³-hybridized carbons (Fsp3) is 0.167. The maximum Gasteiger partial charge on any atom is 0.254 e. The smallest absolute Gasteiger partial charge is 0.254 e. The Morgan fingerprint density at radius 2 is 1.92 bits per heavy atom. The van der Waals surface area contributed by atoms with Crippen LogP contribution in [0.2, 0.25) is 5.02 Å². The quantitative estimate of drug-likeness (QED) is 0.584. The van der Waals surface area contributed by atoms with E-state index >= 15 is 0 Å². The van der Waals surface area contributed by atoms with E-state index in [-0.39, 0.29) is 5.02 Å². The average Bonchev–Trinajstić information content (AvgIpc) is 3.13. The average molecular weight is 371 g/mol. The summed E-state index contributed by atoms with van der Waals surface area (Å²) < 4.78 is 17.0. The topological polar surface area (TPSA) is 60.6 Å². The van der Waals surface area contributed by atoms with Gasteiger partial charge in [-0.15, -0.1) is 0 Å². The van der Waals surface area contributed by atoms with Crippen molar-refractivity contribution in [1.82, 2.24) is 24.3 Å². The highest BCUT2D eigenvalue weighted by Crippen LogP contribution is 2.27. The Hall–Kier alpha value is -2.93. The Labute approximate surface area is 154 Å². The number of halogens is 2. The summed E-state index contributed by atoms with van der Waals surface area (Å²) in [6.45, 7) is 3.87. The minimum atomic E-state index is -0.465. The van der Waals surface area contributed by atoms with Gasteiger partial charge in [-0.1, -0.05) is 11.6 Å². The summed E-state index contributed by atoms with van der Waals surface area (Å²) in [5.41, 5.74) is 3.22. The Morgan fingerprint density at radius 1 is 1.12 bits per heavy atom. The van der Waals surface area contributed by atoms with Crippen LogP contribution in [0.1, 0.15) is 11.4 Å². The molecule has 0 atom stereocenters. The number of hydrogen-bond donors (Lipinski definition) is 1. The maximum absolute atomic E-state index is 13.4. The third kappa shape index (κ3) is 2.80. The van der Waals surface area contributed by atoms with E-state index in [2.05, 4.69) is 20.4 Å². The van der Waals surface area contributed by atoms with E-state index in [4.69, 9.17) is 11.6 Å². The summed E-state index contributed by atoms with van der Waals surface area (Å²) in [5.74, 6) is 0.592. The Balaban J connectivity index is 1.87. The van der Waals surface area contributed by atoms with E-state index < -0.39 is 5.82 Å². The number of anilines is 2. The molecule has 0 radical (unpaired) electrons. The van der Waals surface area contributed by atoms with Crippen molar-refractivity contribution in [3.05, 3.63) is 58.8 Å². The number of benzene rings is 1. The van der Waals surface area contributed by atoms with Gasteiger partial charge in [0.2, 0.25) is 0 Å². The van der Waals surface area contributed by atoms with Crippen LogP contribution in [0.25, 0.3) is 17.0 Å². The van der Waals surface area contributed by atoms with Crippen LogP contribution in [0.4, 0.5) is 15.9 Å². The van der Waals surface area contributed by atoms with Crippen molar-refractivity contribution in [1.29, 1.82) is 0 Å². The summed E-state index contributed by atoms with van der Waals surface area (Å²) in [6.07, 6.45) is 1.91. The van der Waals surface area contributed by atoms with Crippen LogP contribution < -0.4 is 5.32 Å². The molecular formula is C18H16ClFN6. The molecule has 0 spiro atoms. The fourth-order valence-electron chi connectivity index (χ4n) is 2.86. The van der Waals surface area contributed by atoms with E-state index in [0.29, 0.717) is 17.5 Å². The van der Waals surface area contributed by atoms with Crippen molar-refractivity contribution in [2.24, 2.45) is 7.05 Å². The number of nitrogens with one attached hydrogen (secondary N) is 1. The molecule has 3 aromatic heterocycles. The third-order valence-corrected chi connectivity index (χ3v) is 4.38. The van der Waals surface area contributed by atoms with Gasteiger partial charge in [-0.3, -0.25) is 0 Å². The van der Waals surface area contributed by atoms with Gasteiger partial charge < -0.3 is 9.88 Å². The maximum atomic E-state index is 13.4. The molecule has 132 valence electrons. The molecule has 0 aliphatic carbocycles. The Kier molecular flexibility index (Phi) is 3.88. The van der Waals surface area contributed by atoms with Gasteiger partial charge in [0, 0.05) is 24.6 Å². The summed E-state index contributed by atoms with van der Waals surface area (Å²) in [4.78, 5) is 9.27. The van der Waals surface area contributed by atoms with Crippen molar-refractivity contribution >= 4 is 34.1 Å². The number of fused-ring (bicyclic) bond motifs is 1. The Morgan fingerprint density at radius 3 is 2.62 bits per heavy atom. The molecule has 0 saturated heterocycles. The van der Waals surface area contributed by atoms with Gasteiger partial charge in [-0.25, -0.2) is 9.07 Å². The lowest BCUT2D eigenvalue weighted by Gasteiger charge is -2.11. The molecule has 4 aromatic rings. The van der Waals surface area contributed by atoms with E-state index in [9.17, 15) is 4.39 Å². The molecule has 0 aliphatic rings. The van der Waals surface area contributed by atoms with E-state index in [1.54, 1.807) is 10.7 Å². The summed E-state index contributed by atoms with van der Waals surface area (Å²) in [5, 5.41) is 8.56. The molecule has 26 heavy (non-hydrogen) atoms. The van der Waals surface area contributed by atoms with Crippen molar-refractivity contribution in [3.8, 4) is 5.95 Å². The van der Waals surface area contributed by atoms with Crippen LogP contribution in [0, 0.1) is 19.7 Å². The zero-order valence-corrected chi connectivity index (χ0v) is 15.2. The first kappa shape index (κ1) is 16.5. The monoisotopic (exact) mass is 370 g/mol. The highest BCUT2D eigenvalue weighted by Gasteiger charge is 2.14. The van der Waals surface area contributed by atoms with E-state index in [1.165, 1.54) is 12.1 Å².